The fourth-order valence-corrected chi connectivity index (χ4v) is 3.64. The molecule has 9 heteroatoms. The third-order valence-corrected chi connectivity index (χ3v) is 5.57. The van der Waals surface area contributed by atoms with Gasteiger partial charge in [-0.05, 0) is 18.2 Å². The molecule has 4 N–H and O–H groups in total. The summed E-state index contributed by atoms with van der Waals surface area (Å²) in [6.07, 6.45) is 0.984. The van der Waals surface area contributed by atoms with Gasteiger partial charge in [-0.25, -0.2) is 8.42 Å². The molecule has 0 bridgehead atoms. The van der Waals surface area contributed by atoms with Gasteiger partial charge in [0.15, 0.2) is 9.84 Å². The van der Waals surface area contributed by atoms with Crippen LogP contribution in [0.15, 0.2) is 34.5 Å². The lowest BCUT2D eigenvalue weighted by Crippen LogP contribution is -2.16. The highest BCUT2D eigenvalue weighted by atomic mass is 32.2. The first kappa shape index (κ1) is 16.0. The molecule has 7 nitrogen and oxygen atoms in total. The van der Waals surface area contributed by atoms with E-state index in [-0.39, 0.29) is 26.1 Å². The molecule has 0 fully saturated rings. The van der Waals surface area contributed by atoms with Crippen LogP contribution in [0.25, 0.3) is 0 Å². The number of benzene rings is 1. The summed E-state index contributed by atoms with van der Waals surface area (Å²) in [6.45, 7) is 0. The van der Waals surface area contributed by atoms with Crippen molar-refractivity contribution in [1.29, 1.82) is 0 Å². The lowest BCUT2D eigenvalue weighted by atomic mass is 10.2. The summed E-state index contributed by atoms with van der Waals surface area (Å²) >= 11 is 0.721. The van der Waals surface area contributed by atoms with Gasteiger partial charge in [-0.2, -0.15) is 0 Å². The van der Waals surface area contributed by atoms with Crippen molar-refractivity contribution in [3.63, 3.8) is 0 Å². The average molecular weight is 340 g/mol. The number of carbonyl (C=O) groups is 2. The van der Waals surface area contributed by atoms with Crippen LogP contribution in [0.1, 0.15) is 20.7 Å². The fraction of sp³-hybridized carbons (Fsp3) is 0.0769. The third kappa shape index (κ3) is 3.26. The number of hydrogen-bond donors (Lipinski definition) is 3. The molecule has 2 aromatic rings. The number of nitrogens with one attached hydrogen (secondary N) is 1. The van der Waals surface area contributed by atoms with Crippen molar-refractivity contribution in [1.82, 2.24) is 0 Å². The first-order chi connectivity index (χ1) is 10.2. The van der Waals surface area contributed by atoms with Gasteiger partial charge in [0, 0.05) is 6.26 Å². The van der Waals surface area contributed by atoms with Gasteiger partial charge in [0.05, 0.1) is 11.1 Å². The fourth-order valence-electron chi connectivity index (χ4n) is 1.66. The number of hydrogen-bond acceptors (Lipinski definition) is 6. The van der Waals surface area contributed by atoms with Crippen molar-refractivity contribution in [2.45, 2.75) is 4.21 Å². The molecule has 0 unspecified atom stereocenters. The van der Waals surface area contributed by atoms with Gasteiger partial charge >= 0.3 is 0 Å². The Morgan fingerprint density at radius 3 is 2.41 bits per heavy atom. The molecule has 1 aromatic heterocycles. The number of carbonyl (C=O) groups excluding carboxylic acids is 2. The minimum absolute atomic E-state index is 0.00720. The molecule has 1 aromatic carbocycles. The zero-order chi connectivity index (χ0) is 16.5. The number of primary amides is 1. The van der Waals surface area contributed by atoms with Crippen LogP contribution >= 0.6 is 11.3 Å². The number of nitrogens with two attached hydrogens (primary N) is 1. The van der Waals surface area contributed by atoms with E-state index >= 15 is 0 Å². The Morgan fingerprint density at radius 1 is 1.23 bits per heavy atom. The van der Waals surface area contributed by atoms with Gasteiger partial charge in [-0.1, -0.05) is 12.1 Å². The number of phenols is 1. The molecular formula is C13H12N2O5S2. The van der Waals surface area contributed by atoms with E-state index in [1.165, 1.54) is 12.1 Å². The Bertz CT molecular complexity index is 855. The van der Waals surface area contributed by atoms with Crippen LogP contribution in [-0.2, 0) is 9.84 Å². The van der Waals surface area contributed by atoms with Gasteiger partial charge in [-0.15, -0.1) is 11.3 Å². The minimum atomic E-state index is -3.54. The van der Waals surface area contributed by atoms with Crippen LogP contribution in [0.4, 0.5) is 5.00 Å². The molecule has 0 aliphatic heterocycles. The maximum absolute atomic E-state index is 12.1. The van der Waals surface area contributed by atoms with E-state index in [2.05, 4.69) is 5.32 Å². The summed E-state index contributed by atoms with van der Waals surface area (Å²) in [5, 5.41) is 12.0. The Labute approximate surface area is 130 Å². The lowest BCUT2D eigenvalue weighted by Gasteiger charge is -2.05. The van der Waals surface area contributed by atoms with Crippen molar-refractivity contribution >= 4 is 38.0 Å². The van der Waals surface area contributed by atoms with E-state index in [4.69, 9.17) is 5.73 Å². The van der Waals surface area contributed by atoms with Crippen molar-refractivity contribution in [2.24, 2.45) is 5.73 Å². The zero-order valence-electron chi connectivity index (χ0n) is 11.4. The zero-order valence-corrected chi connectivity index (χ0v) is 13.0. The molecule has 0 aliphatic carbocycles. The smallest absolute Gasteiger partial charge is 0.260 e. The number of amides is 2. The second kappa shape index (κ2) is 5.78. The molecular weight excluding hydrogens is 328 g/mol. The maximum atomic E-state index is 12.1. The van der Waals surface area contributed by atoms with E-state index in [0.29, 0.717) is 0 Å². The molecule has 116 valence electrons. The van der Waals surface area contributed by atoms with Gasteiger partial charge in [0.2, 0.25) is 0 Å². The molecule has 22 heavy (non-hydrogen) atoms. The van der Waals surface area contributed by atoms with Crippen molar-refractivity contribution in [3.05, 3.63) is 41.5 Å². The van der Waals surface area contributed by atoms with E-state index < -0.39 is 21.7 Å². The average Bonchev–Trinajstić information content (AvgIpc) is 2.83. The first-order valence-electron chi connectivity index (χ1n) is 5.93. The van der Waals surface area contributed by atoms with Gasteiger partial charge in [-0.3, -0.25) is 9.59 Å². The maximum Gasteiger partial charge on any atom is 0.260 e. The van der Waals surface area contributed by atoms with Crippen LogP contribution in [0.5, 0.6) is 5.75 Å². The monoisotopic (exact) mass is 340 g/mol. The number of sulfone groups is 1. The molecule has 0 saturated carbocycles. The summed E-state index contributed by atoms with van der Waals surface area (Å²) < 4.78 is 23.0. The second-order valence-electron chi connectivity index (χ2n) is 4.42. The Balaban J connectivity index is 2.41. The van der Waals surface area contributed by atoms with Crippen LogP contribution in [-0.4, -0.2) is 31.6 Å². The largest absolute Gasteiger partial charge is 0.507 e. The van der Waals surface area contributed by atoms with Gasteiger partial charge < -0.3 is 16.2 Å². The highest BCUT2D eigenvalue weighted by Crippen LogP contribution is 2.32. The van der Waals surface area contributed by atoms with E-state index in [0.717, 1.165) is 23.7 Å². The molecule has 1 heterocycles. The Kier molecular flexibility index (Phi) is 4.20. The quantitative estimate of drug-likeness (QED) is 0.771. The number of thiophene rings is 1. The normalized spacial score (nSPS) is 11.1. The first-order valence-corrected chi connectivity index (χ1v) is 8.64. The van der Waals surface area contributed by atoms with Crippen molar-refractivity contribution in [2.75, 3.05) is 11.6 Å². The molecule has 0 atom stereocenters. The molecule has 0 spiro atoms. The van der Waals surface area contributed by atoms with E-state index in [1.54, 1.807) is 12.1 Å². The van der Waals surface area contributed by atoms with Crippen LogP contribution in [0, 0.1) is 0 Å². The highest BCUT2D eigenvalue weighted by Gasteiger charge is 2.21. The van der Waals surface area contributed by atoms with E-state index in [9.17, 15) is 23.1 Å². The number of para-hydroxylation sites is 1. The number of aromatic hydroxyl groups is 1. The third-order valence-electron chi connectivity index (χ3n) is 2.72. The summed E-state index contributed by atoms with van der Waals surface area (Å²) in [4.78, 5) is 23.5. The lowest BCUT2D eigenvalue weighted by molar-refractivity contribution is 0.100. The van der Waals surface area contributed by atoms with Crippen LogP contribution in [0.3, 0.4) is 0 Å². The summed E-state index contributed by atoms with van der Waals surface area (Å²) in [6, 6.07) is 6.94. The minimum Gasteiger partial charge on any atom is -0.507 e. The summed E-state index contributed by atoms with van der Waals surface area (Å²) in [7, 11) is -3.54. The standard InChI is InChI=1S/C13H12N2O5S2/c1-22(19,20)10-6-8(11(14)17)13(21-10)15-12(18)7-4-2-3-5-9(7)16/h2-6,16H,1H3,(H2,14,17)(H,15,18). The highest BCUT2D eigenvalue weighted by molar-refractivity contribution is 7.92. The second-order valence-corrected chi connectivity index (χ2v) is 7.71. The molecule has 0 radical (unpaired) electrons. The molecule has 2 amide bonds. The van der Waals surface area contributed by atoms with Gasteiger partial charge in [0.1, 0.15) is 15.0 Å². The van der Waals surface area contributed by atoms with Crippen LogP contribution < -0.4 is 11.1 Å². The molecule has 0 saturated heterocycles. The molecule has 0 aliphatic rings. The predicted molar refractivity (Wildman–Crippen MR) is 82.0 cm³/mol. The number of phenolic OH excluding ortho intramolecular Hbond substituents is 1. The SMILES string of the molecule is CS(=O)(=O)c1cc(C(N)=O)c(NC(=O)c2ccccc2O)s1. The Hall–Kier alpha value is -2.39. The summed E-state index contributed by atoms with van der Waals surface area (Å²) in [5.41, 5.74) is 5.08. The van der Waals surface area contributed by atoms with Crippen molar-refractivity contribution in [3.8, 4) is 5.75 Å². The number of anilines is 1. The topological polar surface area (TPSA) is 127 Å². The van der Waals surface area contributed by atoms with Gasteiger partial charge in [0.25, 0.3) is 11.8 Å². The van der Waals surface area contributed by atoms with Crippen LogP contribution in [0.2, 0.25) is 0 Å². The summed E-state index contributed by atoms with van der Waals surface area (Å²) in [5.74, 6) is -1.78. The molecule has 2 rings (SSSR count). The number of rotatable bonds is 4. The predicted octanol–water partition coefficient (Wildman–Crippen LogP) is 1.21. The Morgan fingerprint density at radius 2 is 1.86 bits per heavy atom. The van der Waals surface area contributed by atoms with Crippen molar-refractivity contribution < 1.29 is 23.1 Å². The van der Waals surface area contributed by atoms with E-state index in [1.807, 2.05) is 0 Å².